The first kappa shape index (κ1) is 16.3. The number of aromatic amines is 1. The average molecular weight is 318 g/mol. The van der Waals surface area contributed by atoms with Crippen LogP contribution in [-0.2, 0) is 0 Å². The van der Waals surface area contributed by atoms with Crippen LogP contribution in [0.15, 0.2) is 35.1 Å². The summed E-state index contributed by atoms with van der Waals surface area (Å²) in [5.74, 6) is -1.35. The normalized spacial score (nSPS) is 10.2. The molecule has 0 atom stereocenters. The Morgan fingerprint density at radius 2 is 1.83 bits per heavy atom. The van der Waals surface area contributed by atoms with Gasteiger partial charge < -0.3 is 10.6 Å². The van der Waals surface area contributed by atoms with Crippen LogP contribution in [0.25, 0.3) is 0 Å². The van der Waals surface area contributed by atoms with Crippen LogP contribution in [0.1, 0.15) is 26.4 Å². The number of aryl methyl sites for hydroxylation is 1. The maximum Gasteiger partial charge on any atom is 0.271 e. The number of benzene rings is 1. The van der Waals surface area contributed by atoms with Gasteiger partial charge >= 0.3 is 0 Å². The van der Waals surface area contributed by atoms with Crippen molar-refractivity contribution in [3.05, 3.63) is 63.3 Å². The largest absolute Gasteiger partial charge is 0.350 e. The van der Waals surface area contributed by atoms with Crippen LogP contribution in [0.5, 0.6) is 0 Å². The molecule has 0 saturated heterocycles. The second-order valence-corrected chi connectivity index (χ2v) is 4.78. The lowest BCUT2D eigenvalue weighted by Gasteiger charge is -2.07. The zero-order valence-corrected chi connectivity index (χ0v) is 12.4. The molecule has 0 bridgehead atoms. The molecule has 7 nitrogen and oxygen atoms in total. The molecule has 1 aromatic carbocycles. The summed E-state index contributed by atoms with van der Waals surface area (Å²) in [6.45, 7) is 1.94. The fourth-order valence-electron chi connectivity index (χ4n) is 1.75. The first-order valence-electron chi connectivity index (χ1n) is 6.85. The van der Waals surface area contributed by atoms with Crippen molar-refractivity contribution in [3.63, 3.8) is 0 Å². The number of carbonyl (C=O) groups is 2. The molecule has 1 aromatic heterocycles. The number of halogens is 1. The van der Waals surface area contributed by atoms with Crippen LogP contribution in [-0.4, -0.2) is 35.1 Å². The minimum Gasteiger partial charge on any atom is -0.350 e. The van der Waals surface area contributed by atoms with E-state index in [9.17, 15) is 18.8 Å². The quantitative estimate of drug-likeness (QED) is 0.693. The number of carbonyl (C=O) groups excluding carboxylic acids is 2. The molecule has 120 valence electrons. The van der Waals surface area contributed by atoms with Gasteiger partial charge in [0, 0.05) is 24.7 Å². The van der Waals surface area contributed by atoms with Gasteiger partial charge in [0.1, 0.15) is 11.5 Å². The highest BCUT2D eigenvalue weighted by atomic mass is 19.1. The molecule has 0 spiro atoms. The van der Waals surface area contributed by atoms with Gasteiger partial charge in [-0.05, 0) is 30.7 Å². The van der Waals surface area contributed by atoms with Gasteiger partial charge in [-0.25, -0.2) is 9.49 Å². The lowest BCUT2D eigenvalue weighted by atomic mass is 10.1. The van der Waals surface area contributed by atoms with Crippen LogP contribution in [0.3, 0.4) is 0 Å². The van der Waals surface area contributed by atoms with Crippen molar-refractivity contribution >= 4 is 11.8 Å². The predicted octanol–water partition coefficient (Wildman–Crippen LogP) is 0.377. The molecule has 1 heterocycles. The van der Waals surface area contributed by atoms with Gasteiger partial charge in [0.2, 0.25) is 0 Å². The van der Waals surface area contributed by atoms with E-state index in [1.54, 1.807) is 6.92 Å². The summed E-state index contributed by atoms with van der Waals surface area (Å²) in [6, 6.07) is 6.69. The highest BCUT2D eigenvalue weighted by molar-refractivity contribution is 5.94. The van der Waals surface area contributed by atoms with Crippen LogP contribution in [0, 0.1) is 12.7 Å². The van der Waals surface area contributed by atoms with E-state index >= 15 is 0 Å². The molecule has 0 aliphatic carbocycles. The lowest BCUT2D eigenvalue weighted by Crippen LogP contribution is -2.35. The minimum atomic E-state index is -0.475. The Morgan fingerprint density at radius 3 is 2.43 bits per heavy atom. The van der Waals surface area contributed by atoms with Crippen molar-refractivity contribution in [1.29, 1.82) is 0 Å². The van der Waals surface area contributed by atoms with E-state index in [0.29, 0.717) is 5.56 Å². The Hall–Kier alpha value is -3.03. The molecule has 0 radical (unpaired) electrons. The van der Waals surface area contributed by atoms with E-state index in [1.807, 2.05) is 0 Å². The smallest absolute Gasteiger partial charge is 0.271 e. The Bertz CT molecular complexity index is 768. The van der Waals surface area contributed by atoms with Gasteiger partial charge in [0.25, 0.3) is 17.4 Å². The Kier molecular flexibility index (Phi) is 5.19. The summed E-state index contributed by atoms with van der Waals surface area (Å²) < 4.78 is 13.4. The van der Waals surface area contributed by atoms with Crippen molar-refractivity contribution in [3.8, 4) is 0 Å². The zero-order valence-electron chi connectivity index (χ0n) is 12.4. The fourth-order valence-corrected chi connectivity index (χ4v) is 1.75. The topological polar surface area (TPSA) is 104 Å². The van der Waals surface area contributed by atoms with E-state index in [1.165, 1.54) is 24.3 Å². The summed E-state index contributed by atoms with van der Waals surface area (Å²) in [6.07, 6.45) is 0. The van der Waals surface area contributed by atoms with E-state index in [2.05, 4.69) is 20.8 Å². The summed E-state index contributed by atoms with van der Waals surface area (Å²) in [4.78, 5) is 34.3. The summed E-state index contributed by atoms with van der Waals surface area (Å²) >= 11 is 0. The SMILES string of the molecule is Cc1ccc(C(=O)NCCNC(=O)c2ccc(=O)[nH]n2)cc1F. The molecule has 0 aliphatic heterocycles. The van der Waals surface area contributed by atoms with Crippen LogP contribution >= 0.6 is 0 Å². The summed E-state index contributed by atoms with van der Waals surface area (Å²) in [5, 5.41) is 10.8. The average Bonchev–Trinajstić information content (AvgIpc) is 2.54. The molecular weight excluding hydrogens is 303 g/mol. The Balaban J connectivity index is 1.79. The van der Waals surface area contributed by atoms with Gasteiger partial charge in [-0.3, -0.25) is 14.4 Å². The predicted molar refractivity (Wildman–Crippen MR) is 80.7 cm³/mol. The first-order chi connectivity index (χ1) is 11.0. The van der Waals surface area contributed by atoms with Gasteiger partial charge in [-0.1, -0.05) is 6.07 Å². The molecule has 2 aromatic rings. The molecule has 3 N–H and O–H groups in total. The van der Waals surface area contributed by atoms with Crippen molar-refractivity contribution in [1.82, 2.24) is 20.8 Å². The highest BCUT2D eigenvalue weighted by Crippen LogP contribution is 2.08. The summed E-state index contributed by atoms with van der Waals surface area (Å²) in [5.41, 5.74) is 0.333. The van der Waals surface area contributed by atoms with E-state index < -0.39 is 23.2 Å². The number of rotatable bonds is 5. The standard InChI is InChI=1S/C15H15FN4O3/c1-9-2-3-10(8-11(9)16)14(22)17-6-7-18-15(23)12-4-5-13(21)20-19-12/h2-5,8H,6-7H2,1H3,(H,17,22)(H,18,23)(H,20,21). The van der Waals surface area contributed by atoms with Gasteiger partial charge in [0.05, 0.1) is 0 Å². The third kappa shape index (κ3) is 4.47. The van der Waals surface area contributed by atoms with Crippen LogP contribution in [0.2, 0.25) is 0 Å². The van der Waals surface area contributed by atoms with E-state index in [0.717, 1.165) is 6.07 Å². The number of nitrogens with zero attached hydrogens (tertiary/aromatic N) is 1. The van der Waals surface area contributed by atoms with E-state index in [4.69, 9.17) is 0 Å². The molecule has 2 rings (SSSR count). The molecule has 2 amide bonds. The molecule has 0 unspecified atom stereocenters. The number of hydrogen-bond acceptors (Lipinski definition) is 4. The third-order valence-electron chi connectivity index (χ3n) is 3.04. The first-order valence-corrected chi connectivity index (χ1v) is 6.85. The number of amides is 2. The second-order valence-electron chi connectivity index (χ2n) is 4.78. The molecule has 8 heteroatoms. The van der Waals surface area contributed by atoms with Crippen LogP contribution < -0.4 is 16.2 Å². The van der Waals surface area contributed by atoms with Gasteiger partial charge in [0.15, 0.2) is 0 Å². The monoisotopic (exact) mass is 318 g/mol. The van der Waals surface area contributed by atoms with Gasteiger partial charge in [-0.2, -0.15) is 5.10 Å². The Morgan fingerprint density at radius 1 is 1.13 bits per heavy atom. The molecule has 23 heavy (non-hydrogen) atoms. The fraction of sp³-hybridized carbons (Fsp3) is 0.200. The zero-order chi connectivity index (χ0) is 16.8. The van der Waals surface area contributed by atoms with E-state index in [-0.39, 0.29) is 24.3 Å². The van der Waals surface area contributed by atoms with Crippen molar-refractivity contribution in [2.24, 2.45) is 0 Å². The van der Waals surface area contributed by atoms with Crippen molar-refractivity contribution in [2.75, 3.05) is 13.1 Å². The highest BCUT2D eigenvalue weighted by Gasteiger charge is 2.09. The number of nitrogens with one attached hydrogen (secondary N) is 3. The third-order valence-corrected chi connectivity index (χ3v) is 3.04. The van der Waals surface area contributed by atoms with Crippen molar-refractivity contribution < 1.29 is 14.0 Å². The maximum absolute atomic E-state index is 13.4. The van der Waals surface area contributed by atoms with Crippen molar-refractivity contribution in [2.45, 2.75) is 6.92 Å². The molecular formula is C15H15FN4O3. The van der Waals surface area contributed by atoms with Crippen LogP contribution in [0.4, 0.5) is 4.39 Å². The minimum absolute atomic E-state index is 0.0662. The molecule has 0 saturated carbocycles. The lowest BCUT2D eigenvalue weighted by molar-refractivity contribution is 0.0924. The number of hydrogen-bond donors (Lipinski definition) is 3. The summed E-state index contributed by atoms with van der Waals surface area (Å²) in [7, 11) is 0. The number of aromatic nitrogens is 2. The molecule has 0 aliphatic rings. The maximum atomic E-state index is 13.4. The number of H-pyrrole nitrogens is 1. The molecule has 0 fully saturated rings. The van der Waals surface area contributed by atoms with Gasteiger partial charge in [-0.15, -0.1) is 0 Å². The second kappa shape index (κ2) is 7.30. The Labute approximate surface area is 130 Å².